The van der Waals surface area contributed by atoms with Crippen molar-refractivity contribution in [3.8, 4) is 0 Å². The van der Waals surface area contributed by atoms with Crippen LogP contribution in [0.5, 0.6) is 0 Å². The molecule has 0 bridgehead atoms. The topological polar surface area (TPSA) is 32.3 Å². The number of benzene rings is 1. The summed E-state index contributed by atoms with van der Waals surface area (Å²) in [6.45, 7) is 6.23. The average Bonchev–Trinajstić information content (AvgIpc) is 2.63. The number of amides is 1. The highest BCUT2D eigenvalue weighted by Crippen LogP contribution is 2.48. The fourth-order valence-corrected chi connectivity index (χ4v) is 3.68. The van der Waals surface area contributed by atoms with Gasteiger partial charge in [0, 0.05) is 19.3 Å². The number of anilines is 1. The Morgan fingerprint density at radius 2 is 2.16 bits per heavy atom. The summed E-state index contributed by atoms with van der Waals surface area (Å²) in [6, 6.07) is 6.35. The number of fused-ring (bicyclic) bond motifs is 2. The smallest absolute Gasteiger partial charge is 0.238 e. The minimum atomic E-state index is -0.316. The molecule has 1 aromatic carbocycles. The molecule has 2 aliphatic heterocycles. The molecule has 102 valence electrons. The second-order valence-corrected chi connectivity index (χ2v) is 6.12. The van der Waals surface area contributed by atoms with Crippen LogP contribution in [0.15, 0.2) is 18.2 Å². The van der Waals surface area contributed by atoms with E-state index in [9.17, 15) is 4.79 Å². The SMILES string of the molecule is CC(C)c1cccc2c1[C@@]1(CCCNC1)C(=O)N2C. The third-order valence-electron chi connectivity index (χ3n) is 4.63. The minimum absolute atomic E-state index is 0.266. The van der Waals surface area contributed by atoms with Crippen molar-refractivity contribution < 1.29 is 4.79 Å². The van der Waals surface area contributed by atoms with E-state index in [2.05, 4.69) is 37.4 Å². The standard InChI is InChI=1S/C16H22N2O/c1-11(2)12-6-4-7-13-14(12)16(15(19)18(13)3)8-5-9-17-10-16/h4,6-7,11,17H,5,8-10H2,1-3H3/t16-/m0/s1. The van der Waals surface area contributed by atoms with E-state index in [0.29, 0.717) is 5.92 Å². The third kappa shape index (κ3) is 1.64. The van der Waals surface area contributed by atoms with Gasteiger partial charge >= 0.3 is 0 Å². The molecule has 1 saturated heterocycles. The lowest BCUT2D eigenvalue weighted by Gasteiger charge is -2.34. The van der Waals surface area contributed by atoms with Crippen LogP contribution >= 0.6 is 0 Å². The second-order valence-electron chi connectivity index (χ2n) is 6.12. The molecule has 3 rings (SSSR count). The first-order valence-corrected chi connectivity index (χ1v) is 7.20. The van der Waals surface area contributed by atoms with Crippen LogP contribution in [0.25, 0.3) is 0 Å². The van der Waals surface area contributed by atoms with Crippen molar-refractivity contribution in [3.63, 3.8) is 0 Å². The van der Waals surface area contributed by atoms with Crippen LogP contribution in [0.3, 0.4) is 0 Å². The molecular formula is C16H22N2O. The molecule has 1 amide bonds. The Morgan fingerprint density at radius 1 is 1.37 bits per heavy atom. The number of likely N-dealkylation sites (N-methyl/N-ethyl adjacent to an activating group) is 1. The minimum Gasteiger partial charge on any atom is -0.315 e. The monoisotopic (exact) mass is 258 g/mol. The zero-order valence-corrected chi connectivity index (χ0v) is 12.0. The molecule has 2 heterocycles. The van der Waals surface area contributed by atoms with Gasteiger partial charge in [-0.1, -0.05) is 26.0 Å². The average molecular weight is 258 g/mol. The quantitative estimate of drug-likeness (QED) is 0.839. The van der Waals surface area contributed by atoms with Crippen molar-refractivity contribution in [1.29, 1.82) is 0 Å². The van der Waals surface area contributed by atoms with E-state index in [-0.39, 0.29) is 11.3 Å². The Labute approximate surface area is 115 Å². The van der Waals surface area contributed by atoms with E-state index in [0.717, 1.165) is 31.6 Å². The summed E-state index contributed by atoms with van der Waals surface area (Å²) in [5, 5.41) is 3.43. The number of nitrogens with zero attached hydrogens (tertiary/aromatic N) is 1. The maximum atomic E-state index is 12.8. The molecule has 0 aliphatic carbocycles. The van der Waals surface area contributed by atoms with Crippen molar-refractivity contribution in [2.24, 2.45) is 0 Å². The Kier molecular flexibility index (Phi) is 2.90. The van der Waals surface area contributed by atoms with Crippen LogP contribution in [0.1, 0.15) is 43.7 Å². The predicted octanol–water partition coefficient (Wildman–Crippen LogP) is 2.41. The predicted molar refractivity (Wildman–Crippen MR) is 77.7 cm³/mol. The number of carbonyl (C=O) groups is 1. The van der Waals surface area contributed by atoms with Gasteiger partial charge in [0.25, 0.3) is 0 Å². The maximum Gasteiger partial charge on any atom is 0.238 e. The van der Waals surface area contributed by atoms with Crippen molar-refractivity contribution in [1.82, 2.24) is 5.32 Å². The summed E-state index contributed by atoms with van der Waals surface area (Å²) >= 11 is 0. The summed E-state index contributed by atoms with van der Waals surface area (Å²) in [4.78, 5) is 14.7. The van der Waals surface area contributed by atoms with Crippen LogP contribution in [-0.4, -0.2) is 26.0 Å². The van der Waals surface area contributed by atoms with E-state index in [1.165, 1.54) is 11.1 Å². The molecule has 1 atom stereocenters. The molecule has 2 aliphatic rings. The normalized spacial score (nSPS) is 26.3. The van der Waals surface area contributed by atoms with Crippen LogP contribution in [-0.2, 0) is 10.2 Å². The highest BCUT2D eigenvalue weighted by molar-refractivity contribution is 6.08. The number of hydrogen-bond acceptors (Lipinski definition) is 2. The van der Waals surface area contributed by atoms with Gasteiger partial charge in [-0.05, 0) is 42.5 Å². The zero-order valence-electron chi connectivity index (χ0n) is 12.0. The van der Waals surface area contributed by atoms with E-state index < -0.39 is 0 Å². The molecule has 3 heteroatoms. The van der Waals surface area contributed by atoms with Crippen molar-refractivity contribution in [2.75, 3.05) is 25.0 Å². The Hall–Kier alpha value is -1.35. The number of nitrogens with one attached hydrogen (secondary N) is 1. The van der Waals surface area contributed by atoms with Crippen molar-refractivity contribution >= 4 is 11.6 Å². The Morgan fingerprint density at radius 3 is 2.79 bits per heavy atom. The zero-order chi connectivity index (χ0) is 13.6. The molecule has 0 saturated carbocycles. The van der Waals surface area contributed by atoms with Gasteiger partial charge < -0.3 is 10.2 Å². The van der Waals surface area contributed by atoms with Gasteiger partial charge in [-0.25, -0.2) is 0 Å². The highest BCUT2D eigenvalue weighted by Gasteiger charge is 2.51. The maximum absolute atomic E-state index is 12.8. The van der Waals surface area contributed by atoms with Crippen LogP contribution in [0.2, 0.25) is 0 Å². The van der Waals surface area contributed by atoms with Gasteiger partial charge in [-0.15, -0.1) is 0 Å². The first kappa shape index (κ1) is 12.7. The molecular weight excluding hydrogens is 236 g/mol. The van der Waals surface area contributed by atoms with E-state index in [1.807, 2.05) is 11.9 Å². The molecule has 1 spiro atoms. The van der Waals surface area contributed by atoms with Crippen molar-refractivity contribution in [2.45, 2.75) is 38.0 Å². The summed E-state index contributed by atoms with van der Waals surface area (Å²) in [5.41, 5.74) is 3.41. The molecule has 0 radical (unpaired) electrons. The van der Waals surface area contributed by atoms with E-state index in [1.54, 1.807) is 0 Å². The van der Waals surface area contributed by atoms with E-state index >= 15 is 0 Å². The van der Waals surface area contributed by atoms with Crippen molar-refractivity contribution in [3.05, 3.63) is 29.3 Å². The van der Waals surface area contributed by atoms with E-state index in [4.69, 9.17) is 0 Å². The highest BCUT2D eigenvalue weighted by atomic mass is 16.2. The summed E-state index contributed by atoms with van der Waals surface area (Å²) in [7, 11) is 1.91. The molecule has 1 fully saturated rings. The number of hydrogen-bond donors (Lipinski definition) is 1. The number of piperidine rings is 1. The van der Waals surface area contributed by atoms with Gasteiger partial charge in [0.1, 0.15) is 0 Å². The Balaban J connectivity index is 2.23. The van der Waals surface area contributed by atoms with Crippen LogP contribution < -0.4 is 10.2 Å². The van der Waals surface area contributed by atoms with Gasteiger partial charge in [-0.3, -0.25) is 4.79 Å². The summed E-state index contributed by atoms with van der Waals surface area (Å²) < 4.78 is 0. The van der Waals surface area contributed by atoms with Gasteiger partial charge in [0.05, 0.1) is 5.41 Å². The fraction of sp³-hybridized carbons (Fsp3) is 0.562. The summed E-state index contributed by atoms with van der Waals surface area (Å²) in [5.74, 6) is 0.718. The largest absolute Gasteiger partial charge is 0.315 e. The van der Waals surface area contributed by atoms with Crippen LogP contribution in [0, 0.1) is 0 Å². The lowest BCUT2D eigenvalue weighted by molar-refractivity contribution is -0.123. The second kappa shape index (κ2) is 4.34. The molecule has 3 nitrogen and oxygen atoms in total. The first-order chi connectivity index (χ1) is 9.08. The van der Waals surface area contributed by atoms with Gasteiger partial charge in [0.15, 0.2) is 0 Å². The molecule has 19 heavy (non-hydrogen) atoms. The summed E-state index contributed by atoms with van der Waals surface area (Å²) in [6.07, 6.45) is 2.05. The van der Waals surface area contributed by atoms with Gasteiger partial charge in [0.2, 0.25) is 5.91 Å². The molecule has 0 unspecified atom stereocenters. The van der Waals surface area contributed by atoms with Gasteiger partial charge in [-0.2, -0.15) is 0 Å². The van der Waals surface area contributed by atoms with Crippen LogP contribution in [0.4, 0.5) is 5.69 Å². The molecule has 0 aromatic heterocycles. The fourth-order valence-electron chi connectivity index (χ4n) is 3.68. The third-order valence-corrected chi connectivity index (χ3v) is 4.63. The number of rotatable bonds is 1. The molecule has 1 aromatic rings. The Bertz CT molecular complexity index is 515. The molecule has 1 N–H and O–H groups in total. The lowest BCUT2D eigenvalue weighted by atomic mass is 9.72. The lowest BCUT2D eigenvalue weighted by Crippen LogP contribution is -2.50. The number of carbonyl (C=O) groups excluding carboxylic acids is 1. The first-order valence-electron chi connectivity index (χ1n) is 7.20.